The Kier molecular flexibility index (Phi) is 8.15. The van der Waals surface area contributed by atoms with Gasteiger partial charge in [0.25, 0.3) is 0 Å². The van der Waals surface area contributed by atoms with Gasteiger partial charge in [0.05, 0.1) is 0 Å². The van der Waals surface area contributed by atoms with Crippen LogP contribution in [0.4, 0.5) is 0 Å². The van der Waals surface area contributed by atoms with Crippen LogP contribution in [0.3, 0.4) is 0 Å². The molecular formula is C15H18Si2Zr. The van der Waals surface area contributed by atoms with Crippen LogP contribution in [0.5, 0.6) is 0 Å². The molecule has 0 unspecified atom stereocenters. The summed E-state index contributed by atoms with van der Waals surface area (Å²) in [5.74, 6) is 0. The van der Waals surface area contributed by atoms with E-state index in [0.29, 0.717) is 4.95 Å². The van der Waals surface area contributed by atoms with E-state index < -0.39 is 0 Å². The fraction of sp³-hybridized carbons (Fsp3) is 0.0667. The first-order chi connectivity index (χ1) is 8.70. The van der Waals surface area contributed by atoms with Crippen LogP contribution in [0.15, 0.2) is 72.8 Å². The Morgan fingerprint density at radius 3 is 2.11 bits per heavy atom. The monoisotopic (exact) mass is 344 g/mol. The van der Waals surface area contributed by atoms with Crippen LogP contribution in [-0.2, 0) is 23.3 Å². The molecular weight excluding hydrogens is 328 g/mol. The number of fused-ring (bicyclic) bond motifs is 1. The maximum absolute atomic E-state index is 2.37. The largest absolute Gasteiger partial charge is 0.214 e. The molecule has 0 nitrogen and oxygen atoms in total. The van der Waals surface area contributed by atoms with Gasteiger partial charge < -0.3 is 0 Å². The quantitative estimate of drug-likeness (QED) is 0.434. The van der Waals surface area contributed by atoms with Crippen LogP contribution in [0.1, 0.15) is 0 Å². The molecule has 3 heteroatoms. The first-order valence-electron chi connectivity index (χ1n) is 5.99. The van der Waals surface area contributed by atoms with Gasteiger partial charge in [0.2, 0.25) is 0 Å². The molecule has 0 saturated carbocycles. The van der Waals surface area contributed by atoms with Crippen molar-refractivity contribution in [2.24, 2.45) is 0 Å². The summed E-state index contributed by atoms with van der Waals surface area (Å²) in [5, 5.41) is 2.66. The average Bonchev–Trinajstić information content (AvgIpc) is 3.03. The van der Waals surface area contributed by atoms with Crippen molar-refractivity contribution < 1.29 is 23.3 Å². The van der Waals surface area contributed by atoms with Gasteiger partial charge in [-0.2, -0.15) is 35.7 Å². The van der Waals surface area contributed by atoms with Gasteiger partial charge >= 0.3 is 44.6 Å². The molecule has 0 aliphatic heterocycles. The molecule has 0 heterocycles. The van der Waals surface area contributed by atoms with Gasteiger partial charge in [-0.15, -0.1) is 29.7 Å². The fourth-order valence-electron chi connectivity index (χ4n) is 1.39. The molecule has 0 amide bonds. The molecule has 0 aromatic heterocycles. The van der Waals surface area contributed by atoms with Gasteiger partial charge in [-0.1, -0.05) is 6.07 Å². The number of rotatable bonds is 0. The summed E-state index contributed by atoms with van der Waals surface area (Å²) in [4.78, 5) is 0.349. The molecule has 0 atom stereocenters. The normalized spacial score (nSPS) is 9.06. The molecule has 3 rings (SSSR count). The number of benzene rings is 1. The predicted octanol–water partition coefficient (Wildman–Crippen LogP) is 2.98. The molecule has 18 heavy (non-hydrogen) atoms. The Morgan fingerprint density at radius 1 is 1.00 bits per heavy atom. The van der Waals surface area contributed by atoms with Gasteiger partial charge in [-0.25, -0.2) is 12.1 Å². The number of hydrogen-bond donors (Lipinski definition) is 0. The first kappa shape index (κ1) is 15.6. The van der Waals surface area contributed by atoms with Crippen LogP contribution in [0.2, 0.25) is 6.55 Å². The van der Waals surface area contributed by atoms with E-state index in [-0.39, 0.29) is 0 Å². The van der Waals surface area contributed by atoms with Crippen molar-refractivity contribution in [1.29, 1.82) is 0 Å². The Labute approximate surface area is 127 Å². The van der Waals surface area contributed by atoms with Crippen molar-refractivity contribution in [3.63, 3.8) is 0 Å². The third kappa shape index (κ3) is 7.05. The van der Waals surface area contributed by atoms with Crippen molar-refractivity contribution in [1.82, 2.24) is 0 Å². The molecule has 0 spiro atoms. The second-order valence-electron chi connectivity index (χ2n) is 4.12. The Hall–Kier alpha value is -0.503. The van der Waals surface area contributed by atoms with E-state index in [1.807, 2.05) is 30.3 Å². The van der Waals surface area contributed by atoms with E-state index in [9.17, 15) is 0 Å². The smallest absolute Gasteiger partial charge is 0.0809 e. The van der Waals surface area contributed by atoms with Crippen molar-refractivity contribution >= 4 is 25.5 Å². The minimum atomic E-state index is 0.349. The summed E-state index contributed by atoms with van der Waals surface area (Å²) in [7, 11) is 1.49. The van der Waals surface area contributed by atoms with Gasteiger partial charge in [-0.3, -0.25) is 0 Å². The van der Waals surface area contributed by atoms with E-state index in [1.54, 1.807) is 23.3 Å². The van der Waals surface area contributed by atoms with Crippen molar-refractivity contribution in [2.75, 3.05) is 0 Å². The zero-order chi connectivity index (χ0) is 13.2. The van der Waals surface area contributed by atoms with Crippen LogP contribution < -0.4 is 0 Å². The van der Waals surface area contributed by atoms with Crippen LogP contribution in [0.25, 0.3) is 10.8 Å². The molecule has 0 N–H and O–H groups in total. The molecule has 90 valence electrons. The van der Waals surface area contributed by atoms with E-state index in [2.05, 4.69) is 49.0 Å². The average molecular weight is 346 g/mol. The van der Waals surface area contributed by atoms with Gasteiger partial charge in [-0.05, 0) is 0 Å². The summed E-state index contributed by atoms with van der Waals surface area (Å²) in [6.07, 6.45) is 0. The molecule has 0 aliphatic carbocycles. The third-order valence-corrected chi connectivity index (χ3v) is 2.10. The standard InChI is InChI=1S/C9H7.C5H5.CH6Si2.Zr/c1-2-5-9-7-3-6-8(9)4-1;1-2-4-5-3-1;1-3-2;/h1-7H;1-5H;1-2H3;/q2*-1;;+2. The maximum atomic E-state index is 2.37. The zero-order valence-electron chi connectivity index (χ0n) is 10.9. The van der Waals surface area contributed by atoms with Crippen LogP contribution in [0, 0.1) is 0 Å². The van der Waals surface area contributed by atoms with Gasteiger partial charge in [0.1, 0.15) is 0 Å². The van der Waals surface area contributed by atoms with E-state index in [4.69, 9.17) is 0 Å². The second kappa shape index (κ2) is 9.43. The molecule has 0 fully saturated rings. The molecule has 0 aliphatic rings. The van der Waals surface area contributed by atoms with Crippen LogP contribution >= 0.6 is 0 Å². The Bertz CT molecular complexity index is 501. The maximum Gasteiger partial charge on any atom is -0.0809 e. The van der Waals surface area contributed by atoms with Gasteiger partial charge in [0.15, 0.2) is 0 Å². The second-order valence-corrected chi connectivity index (χ2v) is 25.4. The van der Waals surface area contributed by atoms with E-state index >= 15 is 0 Å². The Morgan fingerprint density at radius 2 is 1.61 bits per heavy atom. The molecule has 0 saturated heterocycles. The summed E-state index contributed by atoms with van der Waals surface area (Å²) in [6.45, 7) is 2.37. The summed E-state index contributed by atoms with van der Waals surface area (Å²) < 4.78 is 0. The minimum Gasteiger partial charge on any atom is -0.214 e. The van der Waals surface area contributed by atoms with Crippen molar-refractivity contribution in [2.45, 2.75) is 6.55 Å². The van der Waals surface area contributed by atoms with Crippen molar-refractivity contribution in [3.05, 3.63) is 72.8 Å². The molecule has 3 aromatic carbocycles. The molecule has 3 aromatic rings. The first-order valence-corrected chi connectivity index (χ1v) is 15.2. The summed E-state index contributed by atoms with van der Waals surface area (Å²) in [5.41, 5.74) is 0. The molecule has 0 radical (unpaired) electrons. The fourth-order valence-corrected chi connectivity index (χ4v) is 1.39. The third-order valence-electron chi connectivity index (χ3n) is 2.10. The molecule has 0 bridgehead atoms. The topological polar surface area (TPSA) is 0 Å². The van der Waals surface area contributed by atoms with Crippen LogP contribution in [-0.4, -0.2) is 14.7 Å². The van der Waals surface area contributed by atoms with E-state index in [0.717, 1.165) is 0 Å². The number of hydrogen-bond acceptors (Lipinski definition) is 0. The predicted molar refractivity (Wildman–Crippen MR) is 83.1 cm³/mol. The van der Waals surface area contributed by atoms with Gasteiger partial charge in [0, 0.05) is 0 Å². The SMILES string of the molecule is C[Si]([SiH3])=[Zr+2].c1cc[cH-]c1.c1ccc2[cH-]ccc2c1. The minimum absolute atomic E-state index is 0.349. The summed E-state index contributed by atoms with van der Waals surface area (Å²) in [6, 6.07) is 24.7. The zero-order valence-corrected chi connectivity index (χ0v) is 16.4. The van der Waals surface area contributed by atoms with Crippen molar-refractivity contribution in [3.8, 4) is 0 Å². The Balaban J connectivity index is 0.000000154. The van der Waals surface area contributed by atoms with E-state index in [1.165, 1.54) is 20.5 Å². The summed E-state index contributed by atoms with van der Waals surface area (Å²) >= 11 is 1.80.